The van der Waals surface area contributed by atoms with Crippen LogP contribution in [0.2, 0.25) is 0 Å². The van der Waals surface area contributed by atoms with E-state index in [1.54, 1.807) is 18.2 Å². The molecule has 0 spiro atoms. The van der Waals surface area contributed by atoms with Crippen molar-refractivity contribution in [2.45, 2.75) is 38.6 Å². The lowest BCUT2D eigenvalue weighted by Crippen LogP contribution is -2.36. The van der Waals surface area contributed by atoms with Crippen molar-refractivity contribution >= 4 is 23.2 Å². The van der Waals surface area contributed by atoms with Crippen LogP contribution >= 0.6 is 0 Å². The van der Waals surface area contributed by atoms with E-state index in [1.807, 2.05) is 36.4 Å². The second kappa shape index (κ2) is 8.86. The van der Waals surface area contributed by atoms with Crippen LogP contribution in [-0.4, -0.2) is 36.9 Å². The van der Waals surface area contributed by atoms with Crippen molar-refractivity contribution in [3.05, 3.63) is 48.4 Å². The van der Waals surface area contributed by atoms with E-state index in [0.29, 0.717) is 6.54 Å². The summed E-state index contributed by atoms with van der Waals surface area (Å²) in [5.74, 6) is 0.861. The minimum atomic E-state index is -0.0406. The molecule has 3 rings (SSSR count). The zero-order chi connectivity index (χ0) is 19.2. The van der Waals surface area contributed by atoms with E-state index >= 15 is 0 Å². The maximum absolute atomic E-state index is 12.6. The number of likely N-dealkylation sites (tertiary alicyclic amines) is 1. The standard InChI is InChI=1S/C21H27N3O3/c1-16(25)23(2)18-11-9-17(10-12-18)22-21(26)15-24-13-5-3-4-7-19(24)20-8-6-14-27-20/h6,8-12,14,19H,3-5,7,13,15H2,1-2H3,(H,22,26). The Kier molecular flexibility index (Phi) is 6.29. The van der Waals surface area contributed by atoms with E-state index in [4.69, 9.17) is 4.42 Å². The Morgan fingerprint density at radius 3 is 2.63 bits per heavy atom. The summed E-state index contributed by atoms with van der Waals surface area (Å²) in [6, 6.07) is 11.3. The highest BCUT2D eigenvalue weighted by molar-refractivity contribution is 5.93. The van der Waals surface area contributed by atoms with Gasteiger partial charge in [-0.05, 0) is 55.8 Å². The normalized spacial score (nSPS) is 17.9. The summed E-state index contributed by atoms with van der Waals surface area (Å²) >= 11 is 0. The maximum Gasteiger partial charge on any atom is 0.238 e. The fourth-order valence-corrected chi connectivity index (χ4v) is 3.50. The third kappa shape index (κ3) is 4.98. The van der Waals surface area contributed by atoms with Crippen LogP contribution in [0.3, 0.4) is 0 Å². The van der Waals surface area contributed by atoms with Gasteiger partial charge in [0.1, 0.15) is 5.76 Å². The number of nitrogens with zero attached hydrogens (tertiary/aromatic N) is 2. The van der Waals surface area contributed by atoms with E-state index in [0.717, 1.165) is 42.9 Å². The van der Waals surface area contributed by atoms with Crippen molar-refractivity contribution in [3.63, 3.8) is 0 Å². The number of furan rings is 1. The van der Waals surface area contributed by atoms with Crippen LogP contribution in [-0.2, 0) is 9.59 Å². The van der Waals surface area contributed by atoms with Crippen LogP contribution in [0.15, 0.2) is 47.1 Å². The topological polar surface area (TPSA) is 65.8 Å². The molecule has 1 aliphatic heterocycles. The van der Waals surface area contributed by atoms with Gasteiger partial charge in [-0.15, -0.1) is 0 Å². The molecule has 1 aliphatic rings. The molecular weight excluding hydrogens is 342 g/mol. The van der Waals surface area contributed by atoms with Gasteiger partial charge in [0.2, 0.25) is 11.8 Å². The van der Waals surface area contributed by atoms with E-state index in [-0.39, 0.29) is 17.9 Å². The van der Waals surface area contributed by atoms with Crippen LogP contribution < -0.4 is 10.2 Å². The van der Waals surface area contributed by atoms with Gasteiger partial charge in [-0.25, -0.2) is 0 Å². The first-order valence-corrected chi connectivity index (χ1v) is 9.46. The van der Waals surface area contributed by atoms with E-state index < -0.39 is 0 Å². The number of carbonyl (C=O) groups excluding carboxylic acids is 2. The third-order valence-corrected chi connectivity index (χ3v) is 5.09. The lowest BCUT2D eigenvalue weighted by Gasteiger charge is -2.27. The number of hydrogen-bond acceptors (Lipinski definition) is 4. The van der Waals surface area contributed by atoms with Crippen molar-refractivity contribution < 1.29 is 14.0 Å². The minimum Gasteiger partial charge on any atom is -0.468 e. The molecule has 1 saturated heterocycles. The van der Waals surface area contributed by atoms with Gasteiger partial charge in [0.25, 0.3) is 0 Å². The van der Waals surface area contributed by atoms with E-state index in [9.17, 15) is 9.59 Å². The number of anilines is 2. The summed E-state index contributed by atoms with van der Waals surface area (Å²) in [7, 11) is 1.73. The minimum absolute atomic E-state index is 0.0306. The van der Waals surface area contributed by atoms with Crippen molar-refractivity contribution in [1.29, 1.82) is 0 Å². The van der Waals surface area contributed by atoms with Gasteiger partial charge in [-0.2, -0.15) is 0 Å². The first-order chi connectivity index (χ1) is 13.0. The second-order valence-electron chi connectivity index (χ2n) is 7.02. The Hall–Kier alpha value is -2.60. The monoisotopic (exact) mass is 369 g/mol. The summed E-state index contributed by atoms with van der Waals surface area (Å²) in [6.07, 6.45) is 6.12. The van der Waals surface area contributed by atoms with Gasteiger partial charge in [-0.3, -0.25) is 14.5 Å². The molecule has 1 aromatic carbocycles. The molecule has 1 atom stereocenters. The maximum atomic E-state index is 12.6. The summed E-state index contributed by atoms with van der Waals surface area (Å²) in [4.78, 5) is 27.8. The summed E-state index contributed by atoms with van der Waals surface area (Å²) in [5, 5.41) is 2.96. The molecule has 0 bridgehead atoms. The number of carbonyl (C=O) groups is 2. The number of rotatable bonds is 5. The number of benzene rings is 1. The van der Waals surface area contributed by atoms with Gasteiger partial charge in [-0.1, -0.05) is 12.8 Å². The molecule has 6 heteroatoms. The average molecular weight is 369 g/mol. The smallest absolute Gasteiger partial charge is 0.238 e. The Bertz CT molecular complexity index is 755. The van der Waals surface area contributed by atoms with E-state index in [1.165, 1.54) is 13.3 Å². The molecule has 0 radical (unpaired) electrons. The molecule has 2 heterocycles. The molecule has 2 amide bonds. The molecule has 1 N–H and O–H groups in total. The molecule has 144 valence electrons. The second-order valence-corrected chi connectivity index (χ2v) is 7.02. The van der Waals surface area contributed by atoms with Gasteiger partial charge >= 0.3 is 0 Å². The van der Waals surface area contributed by atoms with Crippen LogP contribution in [0.1, 0.15) is 44.4 Å². The Balaban J connectivity index is 1.62. The van der Waals surface area contributed by atoms with Gasteiger partial charge in [0.05, 0.1) is 18.8 Å². The largest absolute Gasteiger partial charge is 0.468 e. The lowest BCUT2D eigenvalue weighted by atomic mass is 10.1. The molecule has 0 saturated carbocycles. The van der Waals surface area contributed by atoms with E-state index in [2.05, 4.69) is 10.2 Å². The fraction of sp³-hybridized carbons (Fsp3) is 0.429. The summed E-state index contributed by atoms with van der Waals surface area (Å²) in [5.41, 5.74) is 1.52. The first-order valence-electron chi connectivity index (χ1n) is 9.46. The zero-order valence-electron chi connectivity index (χ0n) is 16.0. The fourth-order valence-electron chi connectivity index (χ4n) is 3.50. The van der Waals surface area contributed by atoms with Gasteiger partial charge in [0, 0.05) is 25.3 Å². The van der Waals surface area contributed by atoms with Crippen molar-refractivity contribution in [2.75, 3.05) is 30.4 Å². The summed E-state index contributed by atoms with van der Waals surface area (Å²) < 4.78 is 5.61. The Morgan fingerprint density at radius 1 is 1.19 bits per heavy atom. The molecule has 6 nitrogen and oxygen atoms in total. The molecule has 1 unspecified atom stereocenters. The third-order valence-electron chi connectivity index (χ3n) is 5.09. The summed E-state index contributed by atoms with van der Waals surface area (Å²) in [6.45, 7) is 2.74. The highest BCUT2D eigenvalue weighted by Crippen LogP contribution is 2.30. The molecule has 0 aliphatic carbocycles. The Labute approximate surface area is 160 Å². The van der Waals surface area contributed by atoms with Crippen LogP contribution in [0.4, 0.5) is 11.4 Å². The molecule has 2 aromatic rings. The van der Waals surface area contributed by atoms with Crippen molar-refractivity contribution in [3.8, 4) is 0 Å². The van der Waals surface area contributed by atoms with Crippen molar-refractivity contribution in [2.24, 2.45) is 0 Å². The molecule has 1 fully saturated rings. The average Bonchev–Trinajstić information content (AvgIpc) is 3.09. The number of amides is 2. The van der Waals surface area contributed by atoms with Gasteiger partial charge < -0.3 is 14.6 Å². The van der Waals surface area contributed by atoms with Crippen LogP contribution in [0.5, 0.6) is 0 Å². The van der Waals surface area contributed by atoms with Crippen LogP contribution in [0, 0.1) is 0 Å². The highest BCUT2D eigenvalue weighted by atomic mass is 16.3. The number of hydrogen-bond donors (Lipinski definition) is 1. The Morgan fingerprint density at radius 2 is 1.96 bits per heavy atom. The predicted octanol–water partition coefficient (Wildman–Crippen LogP) is 3.82. The molecular formula is C21H27N3O3. The first kappa shape index (κ1) is 19.2. The van der Waals surface area contributed by atoms with Crippen molar-refractivity contribution in [1.82, 2.24) is 4.90 Å². The number of nitrogens with one attached hydrogen (secondary N) is 1. The highest BCUT2D eigenvalue weighted by Gasteiger charge is 2.26. The quantitative estimate of drug-likeness (QED) is 0.870. The lowest BCUT2D eigenvalue weighted by molar-refractivity contribution is -0.118. The molecule has 1 aromatic heterocycles. The zero-order valence-corrected chi connectivity index (χ0v) is 16.0. The predicted molar refractivity (Wildman–Crippen MR) is 106 cm³/mol. The SMILES string of the molecule is CC(=O)N(C)c1ccc(NC(=O)CN2CCCCCC2c2ccco2)cc1. The van der Waals surface area contributed by atoms with Gasteiger partial charge in [0.15, 0.2) is 0 Å². The van der Waals surface area contributed by atoms with Crippen LogP contribution in [0.25, 0.3) is 0 Å². The molecule has 27 heavy (non-hydrogen) atoms.